The van der Waals surface area contributed by atoms with E-state index in [1.54, 1.807) is 0 Å². The van der Waals surface area contributed by atoms with Gasteiger partial charge in [-0.3, -0.25) is 0 Å². The second-order valence-corrected chi connectivity index (χ2v) is 6.69. The van der Waals surface area contributed by atoms with E-state index >= 15 is 0 Å². The van der Waals surface area contributed by atoms with Crippen LogP contribution in [-0.2, 0) is 0 Å². The van der Waals surface area contributed by atoms with Gasteiger partial charge in [0, 0.05) is 11.7 Å². The summed E-state index contributed by atoms with van der Waals surface area (Å²) in [5.74, 6) is 1.36. The summed E-state index contributed by atoms with van der Waals surface area (Å²) < 4.78 is 8.61. The third kappa shape index (κ3) is 4.09. The summed E-state index contributed by atoms with van der Waals surface area (Å²) in [5, 5.41) is 9.66. The van der Waals surface area contributed by atoms with Crippen LogP contribution in [0.4, 0.5) is 29.2 Å². The van der Waals surface area contributed by atoms with E-state index < -0.39 is 0 Å². The number of rotatable bonds is 6. The summed E-state index contributed by atoms with van der Waals surface area (Å²) in [7, 11) is 0. The smallest absolute Gasteiger partial charge is 0.233 e. The van der Waals surface area contributed by atoms with Crippen LogP contribution in [0.1, 0.15) is 13.8 Å². The zero-order valence-corrected chi connectivity index (χ0v) is 15.7. The van der Waals surface area contributed by atoms with Gasteiger partial charge < -0.3 is 16.0 Å². The lowest BCUT2D eigenvalue weighted by Crippen LogP contribution is -2.15. The number of hydrogen-bond donors (Lipinski definition) is 3. The van der Waals surface area contributed by atoms with Crippen molar-refractivity contribution in [3.63, 3.8) is 0 Å². The van der Waals surface area contributed by atoms with E-state index in [9.17, 15) is 0 Å². The molecule has 136 valence electrons. The molecule has 4 rings (SSSR count). The van der Waals surface area contributed by atoms with Gasteiger partial charge in [0.15, 0.2) is 0 Å². The maximum Gasteiger partial charge on any atom is 0.233 e. The highest BCUT2D eigenvalue weighted by Gasteiger charge is 2.11. The summed E-state index contributed by atoms with van der Waals surface area (Å²) in [6, 6.07) is 15.7. The minimum Gasteiger partial charge on any atom is -0.352 e. The molecule has 2 heterocycles. The van der Waals surface area contributed by atoms with Gasteiger partial charge in [0.2, 0.25) is 17.8 Å². The maximum atomic E-state index is 4.49. The molecule has 0 atom stereocenters. The van der Waals surface area contributed by atoms with Gasteiger partial charge in [-0.05, 0) is 38.1 Å². The molecule has 9 heteroatoms. The van der Waals surface area contributed by atoms with E-state index in [2.05, 4.69) is 39.6 Å². The van der Waals surface area contributed by atoms with Crippen LogP contribution in [0.2, 0.25) is 0 Å². The van der Waals surface area contributed by atoms with Crippen LogP contribution >= 0.6 is 11.7 Å². The highest BCUT2D eigenvalue weighted by atomic mass is 32.1. The van der Waals surface area contributed by atoms with Gasteiger partial charge in [-0.1, -0.05) is 24.3 Å². The van der Waals surface area contributed by atoms with E-state index in [0.29, 0.717) is 17.8 Å². The second kappa shape index (κ2) is 7.50. The van der Waals surface area contributed by atoms with Gasteiger partial charge in [0.05, 0.1) is 17.4 Å². The van der Waals surface area contributed by atoms with Crippen molar-refractivity contribution in [1.29, 1.82) is 0 Å². The van der Waals surface area contributed by atoms with Crippen LogP contribution < -0.4 is 16.0 Å². The van der Waals surface area contributed by atoms with Crippen molar-refractivity contribution in [3.05, 3.63) is 48.5 Å². The fourth-order valence-electron chi connectivity index (χ4n) is 2.49. The first kappa shape index (κ1) is 17.1. The first-order valence-electron chi connectivity index (χ1n) is 8.50. The second-order valence-electron chi connectivity index (χ2n) is 6.16. The lowest BCUT2D eigenvalue weighted by Gasteiger charge is -2.13. The van der Waals surface area contributed by atoms with Crippen LogP contribution in [0.5, 0.6) is 0 Å². The van der Waals surface area contributed by atoms with Crippen LogP contribution in [0.3, 0.4) is 0 Å². The molecule has 8 nitrogen and oxygen atoms in total. The van der Waals surface area contributed by atoms with E-state index in [-0.39, 0.29) is 6.04 Å². The zero-order valence-electron chi connectivity index (χ0n) is 14.8. The predicted molar refractivity (Wildman–Crippen MR) is 109 cm³/mol. The lowest BCUT2D eigenvalue weighted by molar-refractivity contribution is 0.869. The molecule has 0 aliphatic carbocycles. The molecular formula is C18H18N8S. The Kier molecular flexibility index (Phi) is 4.75. The molecule has 0 aliphatic heterocycles. The average molecular weight is 378 g/mol. The predicted octanol–water partition coefficient (Wildman–Crippen LogP) is 4.18. The number of aromatic nitrogens is 5. The van der Waals surface area contributed by atoms with Crippen LogP contribution in [0.25, 0.3) is 11.0 Å². The highest BCUT2D eigenvalue weighted by Crippen LogP contribution is 2.24. The third-order valence-electron chi connectivity index (χ3n) is 3.62. The third-order valence-corrected chi connectivity index (χ3v) is 4.16. The number of benzene rings is 2. The molecule has 0 saturated heterocycles. The number of nitrogens with zero attached hydrogens (tertiary/aromatic N) is 5. The van der Waals surface area contributed by atoms with Crippen molar-refractivity contribution >= 4 is 52.0 Å². The Labute approximate surface area is 160 Å². The molecule has 0 bridgehead atoms. The Morgan fingerprint density at radius 1 is 0.778 bits per heavy atom. The first-order chi connectivity index (χ1) is 13.2. The minimum atomic E-state index is 0.191. The number of para-hydroxylation sites is 1. The molecule has 0 fully saturated rings. The first-order valence-corrected chi connectivity index (χ1v) is 9.23. The summed E-state index contributed by atoms with van der Waals surface area (Å²) in [6.07, 6.45) is 0. The largest absolute Gasteiger partial charge is 0.352 e. The summed E-state index contributed by atoms with van der Waals surface area (Å²) >= 11 is 1.18. The topological polar surface area (TPSA) is 101 Å². The monoisotopic (exact) mass is 378 g/mol. The van der Waals surface area contributed by atoms with Gasteiger partial charge in [0.25, 0.3) is 0 Å². The van der Waals surface area contributed by atoms with E-state index in [4.69, 9.17) is 0 Å². The van der Waals surface area contributed by atoms with Gasteiger partial charge >= 0.3 is 0 Å². The van der Waals surface area contributed by atoms with Gasteiger partial charge in [0.1, 0.15) is 11.0 Å². The Bertz CT molecular complexity index is 1050. The molecule has 2 aromatic heterocycles. The van der Waals surface area contributed by atoms with Gasteiger partial charge in [-0.2, -0.15) is 23.7 Å². The standard InChI is InChI=1S/C18H18N8S/c1-11(2)19-16-22-17(20-12-7-4-3-5-8-12)24-18(23-16)21-13-9-6-10-14-15(13)26-27-25-14/h3-11H,1-2H3,(H3,19,20,21,22,23,24). The maximum absolute atomic E-state index is 4.49. The van der Waals surface area contributed by atoms with Crippen molar-refractivity contribution in [3.8, 4) is 0 Å². The minimum absolute atomic E-state index is 0.191. The molecule has 4 aromatic rings. The van der Waals surface area contributed by atoms with E-state index in [1.807, 2.05) is 62.4 Å². The molecule has 0 amide bonds. The van der Waals surface area contributed by atoms with Gasteiger partial charge in [-0.15, -0.1) is 0 Å². The highest BCUT2D eigenvalue weighted by molar-refractivity contribution is 7.00. The van der Waals surface area contributed by atoms with Gasteiger partial charge in [-0.25, -0.2) is 0 Å². The Morgan fingerprint density at radius 2 is 1.52 bits per heavy atom. The van der Waals surface area contributed by atoms with Crippen molar-refractivity contribution < 1.29 is 0 Å². The normalized spacial score (nSPS) is 10.9. The average Bonchev–Trinajstić information content (AvgIpc) is 3.12. The fourth-order valence-corrected chi connectivity index (χ4v) is 3.04. The molecule has 0 aliphatic rings. The van der Waals surface area contributed by atoms with Crippen LogP contribution in [0.15, 0.2) is 48.5 Å². The quantitative estimate of drug-likeness (QED) is 0.459. The zero-order chi connectivity index (χ0) is 18.6. The van der Waals surface area contributed by atoms with Crippen molar-refractivity contribution in [2.45, 2.75) is 19.9 Å². The number of hydrogen-bond acceptors (Lipinski definition) is 9. The lowest BCUT2D eigenvalue weighted by atomic mass is 10.2. The Hall–Kier alpha value is -3.33. The number of fused-ring (bicyclic) bond motifs is 1. The van der Waals surface area contributed by atoms with E-state index in [1.165, 1.54) is 11.7 Å². The molecule has 0 unspecified atom stereocenters. The van der Waals surface area contributed by atoms with Crippen molar-refractivity contribution in [2.75, 3.05) is 16.0 Å². The Morgan fingerprint density at radius 3 is 2.30 bits per heavy atom. The van der Waals surface area contributed by atoms with E-state index in [0.717, 1.165) is 22.4 Å². The SMILES string of the molecule is CC(C)Nc1nc(Nc2ccccc2)nc(Nc2cccc3nsnc23)n1. The molecule has 0 saturated carbocycles. The number of anilines is 5. The Balaban J connectivity index is 1.68. The summed E-state index contributed by atoms with van der Waals surface area (Å²) in [5.41, 5.74) is 3.32. The molecule has 3 N–H and O–H groups in total. The summed E-state index contributed by atoms with van der Waals surface area (Å²) in [4.78, 5) is 13.4. The summed E-state index contributed by atoms with van der Waals surface area (Å²) in [6.45, 7) is 4.06. The van der Waals surface area contributed by atoms with Crippen LogP contribution in [0, 0.1) is 0 Å². The van der Waals surface area contributed by atoms with Crippen molar-refractivity contribution in [1.82, 2.24) is 23.7 Å². The molecule has 0 radical (unpaired) electrons. The molecule has 2 aromatic carbocycles. The molecule has 27 heavy (non-hydrogen) atoms. The number of nitrogens with one attached hydrogen (secondary N) is 3. The molecule has 0 spiro atoms. The molecular weight excluding hydrogens is 360 g/mol. The van der Waals surface area contributed by atoms with Crippen molar-refractivity contribution in [2.24, 2.45) is 0 Å². The van der Waals surface area contributed by atoms with Crippen LogP contribution in [-0.4, -0.2) is 29.7 Å². The fraction of sp³-hybridized carbons (Fsp3) is 0.167.